The van der Waals surface area contributed by atoms with Crippen molar-refractivity contribution in [3.05, 3.63) is 66.2 Å². The molecule has 0 saturated heterocycles. The van der Waals surface area contributed by atoms with Gasteiger partial charge in [-0.05, 0) is 37.3 Å². The van der Waals surface area contributed by atoms with E-state index in [1.165, 1.54) is 0 Å². The number of aromatic nitrogens is 4. The molecule has 0 saturated carbocycles. The van der Waals surface area contributed by atoms with Crippen LogP contribution in [0.5, 0.6) is 0 Å². The maximum absolute atomic E-state index is 12.9. The summed E-state index contributed by atoms with van der Waals surface area (Å²) in [7, 11) is 1.68. The first kappa shape index (κ1) is 17.2. The van der Waals surface area contributed by atoms with Gasteiger partial charge in [-0.25, -0.2) is 0 Å². The van der Waals surface area contributed by atoms with Gasteiger partial charge < -0.3 is 14.6 Å². The summed E-state index contributed by atoms with van der Waals surface area (Å²) in [6.07, 6.45) is 3.87. The predicted octanol–water partition coefficient (Wildman–Crippen LogP) is 2.82. The Labute approximate surface area is 156 Å². The van der Waals surface area contributed by atoms with Crippen LogP contribution in [0.2, 0.25) is 0 Å². The summed E-state index contributed by atoms with van der Waals surface area (Å²) in [6.45, 7) is 3.27. The van der Waals surface area contributed by atoms with Gasteiger partial charge in [-0.15, -0.1) is 10.2 Å². The maximum atomic E-state index is 12.9. The molecule has 7 nitrogen and oxygen atoms in total. The molecule has 1 atom stereocenters. The van der Waals surface area contributed by atoms with Crippen LogP contribution in [0.4, 0.5) is 0 Å². The predicted molar refractivity (Wildman–Crippen MR) is 103 cm³/mol. The largest absolute Gasteiger partial charge is 0.383 e. The van der Waals surface area contributed by atoms with Crippen LogP contribution >= 0.6 is 0 Å². The smallest absolute Gasteiger partial charge is 0.252 e. The highest BCUT2D eigenvalue weighted by atomic mass is 16.5. The molecule has 0 radical (unpaired) electrons. The van der Waals surface area contributed by atoms with E-state index in [4.69, 9.17) is 4.74 Å². The summed E-state index contributed by atoms with van der Waals surface area (Å²) in [6, 6.07) is 13.2. The monoisotopic (exact) mass is 363 g/mol. The first-order chi connectivity index (χ1) is 13.2. The van der Waals surface area contributed by atoms with E-state index in [0.717, 1.165) is 23.1 Å². The summed E-state index contributed by atoms with van der Waals surface area (Å²) in [4.78, 5) is 12.9. The molecule has 1 aromatic carbocycles. The number of carbonyl (C=O) groups excluding carboxylic acids is 1. The number of ether oxygens (including phenoxy) is 1. The number of carbonyl (C=O) groups is 1. The zero-order valence-corrected chi connectivity index (χ0v) is 15.3. The zero-order chi connectivity index (χ0) is 18.8. The van der Waals surface area contributed by atoms with E-state index in [1.807, 2.05) is 66.2 Å². The fourth-order valence-electron chi connectivity index (χ4n) is 3.30. The molecule has 1 N–H and O–H groups in total. The fraction of sp³-hybridized carbons (Fsp3) is 0.250. The van der Waals surface area contributed by atoms with Gasteiger partial charge in [0.15, 0.2) is 11.5 Å². The highest BCUT2D eigenvalue weighted by Crippen LogP contribution is 2.21. The minimum absolute atomic E-state index is 0.134. The highest BCUT2D eigenvalue weighted by Gasteiger charge is 2.18. The Morgan fingerprint density at radius 3 is 2.89 bits per heavy atom. The average Bonchev–Trinajstić information content (AvgIpc) is 3.30. The summed E-state index contributed by atoms with van der Waals surface area (Å²) in [5, 5.41) is 12.3. The van der Waals surface area contributed by atoms with Crippen LogP contribution in [-0.2, 0) is 11.3 Å². The van der Waals surface area contributed by atoms with E-state index < -0.39 is 0 Å². The fourth-order valence-corrected chi connectivity index (χ4v) is 3.30. The molecule has 0 aliphatic carbocycles. The molecule has 0 spiro atoms. The highest BCUT2D eigenvalue weighted by molar-refractivity contribution is 6.06. The van der Waals surface area contributed by atoms with Crippen LogP contribution in [-0.4, -0.2) is 38.8 Å². The number of benzene rings is 1. The van der Waals surface area contributed by atoms with Crippen molar-refractivity contribution in [2.45, 2.75) is 19.5 Å². The Hall–Kier alpha value is -3.19. The van der Waals surface area contributed by atoms with E-state index in [2.05, 4.69) is 20.1 Å². The van der Waals surface area contributed by atoms with Crippen LogP contribution in [0.1, 0.15) is 29.1 Å². The summed E-state index contributed by atoms with van der Waals surface area (Å²) < 4.78 is 9.13. The number of fused-ring (bicyclic) bond motifs is 2. The molecule has 3 heterocycles. The van der Waals surface area contributed by atoms with Crippen LogP contribution in [0.15, 0.2) is 54.9 Å². The lowest BCUT2D eigenvalue weighted by atomic mass is 10.1. The summed E-state index contributed by atoms with van der Waals surface area (Å²) in [5.41, 5.74) is 2.41. The zero-order valence-electron chi connectivity index (χ0n) is 15.3. The molecule has 1 unspecified atom stereocenters. The molecule has 7 heteroatoms. The van der Waals surface area contributed by atoms with Crippen LogP contribution < -0.4 is 5.32 Å². The Kier molecular flexibility index (Phi) is 4.60. The third-order valence-electron chi connectivity index (χ3n) is 4.67. The van der Waals surface area contributed by atoms with Crippen molar-refractivity contribution in [3.63, 3.8) is 0 Å². The van der Waals surface area contributed by atoms with E-state index in [-0.39, 0.29) is 11.9 Å². The number of nitrogens with zero attached hydrogens (tertiary/aromatic N) is 4. The van der Waals surface area contributed by atoms with Crippen molar-refractivity contribution in [1.82, 2.24) is 24.5 Å². The number of methoxy groups -OCH3 is 1. The van der Waals surface area contributed by atoms with Gasteiger partial charge in [-0.1, -0.05) is 12.1 Å². The molecule has 138 valence electrons. The quantitative estimate of drug-likeness (QED) is 0.572. The first-order valence-electron chi connectivity index (χ1n) is 8.86. The van der Waals surface area contributed by atoms with Crippen LogP contribution in [0, 0.1) is 0 Å². The summed E-state index contributed by atoms with van der Waals surface area (Å²) in [5.74, 6) is 0.564. The second-order valence-corrected chi connectivity index (χ2v) is 6.42. The molecule has 0 aliphatic rings. The Bertz CT molecular complexity index is 1100. The minimum atomic E-state index is -0.277. The van der Waals surface area contributed by atoms with Gasteiger partial charge in [0.25, 0.3) is 5.91 Å². The first-order valence-corrected chi connectivity index (χ1v) is 8.86. The van der Waals surface area contributed by atoms with E-state index in [1.54, 1.807) is 7.11 Å². The van der Waals surface area contributed by atoms with Crippen molar-refractivity contribution < 1.29 is 9.53 Å². The van der Waals surface area contributed by atoms with Gasteiger partial charge >= 0.3 is 0 Å². The Balaban J connectivity index is 1.60. The van der Waals surface area contributed by atoms with Gasteiger partial charge in [0.05, 0.1) is 12.6 Å². The molecule has 4 aromatic rings. The maximum Gasteiger partial charge on any atom is 0.252 e. The number of hydrogen-bond acceptors (Lipinski definition) is 4. The van der Waals surface area contributed by atoms with Crippen molar-refractivity contribution in [2.75, 3.05) is 13.7 Å². The van der Waals surface area contributed by atoms with Gasteiger partial charge in [0.2, 0.25) is 0 Å². The van der Waals surface area contributed by atoms with E-state index >= 15 is 0 Å². The number of rotatable bonds is 6. The van der Waals surface area contributed by atoms with Crippen LogP contribution in [0.3, 0.4) is 0 Å². The number of amides is 1. The molecular formula is C20H21N5O2. The van der Waals surface area contributed by atoms with Crippen molar-refractivity contribution in [3.8, 4) is 0 Å². The molecule has 27 heavy (non-hydrogen) atoms. The molecular weight excluding hydrogens is 342 g/mol. The normalized spacial score (nSPS) is 12.5. The van der Waals surface area contributed by atoms with Gasteiger partial charge in [-0.3, -0.25) is 9.20 Å². The average molecular weight is 363 g/mol. The topological polar surface area (TPSA) is 73.4 Å². The number of hydrogen-bond donors (Lipinski definition) is 1. The van der Waals surface area contributed by atoms with Crippen molar-refractivity contribution in [2.24, 2.45) is 0 Å². The third kappa shape index (κ3) is 3.17. The SMILES string of the molecule is COCCn1ccc2c(C(=O)NC(C)c3nnc4ccccn34)cccc21. The second kappa shape index (κ2) is 7.20. The van der Waals surface area contributed by atoms with Crippen LogP contribution in [0.25, 0.3) is 16.6 Å². The van der Waals surface area contributed by atoms with E-state index in [0.29, 0.717) is 18.0 Å². The molecule has 0 fully saturated rings. The Morgan fingerprint density at radius 1 is 1.15 bits per heavy atom. The van der Waals surface area contributed by atoms with Gasteiger partial charge in [0, 0.05) is 42.5 Å². The Morgan fingerprint density at radius 2 is 2.04 bits per heavy atom. The van der Waals surface area contributed by atoms with Gasteiger partial charge in [0.1, 0.15) is 0 Å². The molecule has 0 bridgehead atoms. The molecule has 1 amide bonds. The molecule has 4 rings (SSSR count). The number of nitrogens with one attached hydrogen (secondary N) is 1. The third-order valence-corrected chi connectivity index (χ3v) is 4.67. The lowest BCUT2D eigenvalue weighted by Crippen LogP contribution is -2.28. The summed E-state index contributed by atoms with van der Waals surface area (Å²) >= 11 is 0. The van der Waals surface area contributed by atoms with Gasteiger partial charge in [-0.2, -0.15) is 0 Å². The number of pyridine rings is 1. The standard InChI is InChI=1S/C20H21N5O2/c1-14(19-23-22-18-8-3-4-10-25(18)19)21-20(26)16-6-5-7-17-15(16)9-11-24(17)12-13-27-2/h3-11,14H,12-13H2,1-2H3,(H,21,26). The molecule has 3 aromatic heterocycles. The lowest BCUT2D eigenvalue weighted by molar-refractivity contribution is 0.0940. The lowest BCUT2D eigenvalue weighted by Gasteiger charge is -2.13. The minimum Gasteiger partial charge on any atom is -0.383 e. The molecule has 0 aliphatic heterocycles. The van der Waals surface area contributed by atoms with E-state index in [9.17, 15) is 4.79 Å². The van der Waals surface area contributed by atoms with Crippen molar-refractivity contribution in [1.29, 1.82) is 0 Å². The van der Waals surface area contributed by atoms with Crippen molar-refractivity contribution >= 4 is 22.5 Å². The second-order valence-electron chi connectivity index (χ2n) is 6.42.